The van der Waals surface area contributed by atoms with Gasteiger partial charge in [0.2, 0.25) is 5.91 Å². The number of carbonyl (C=O) groups excluding carboxylic acids is 1. The summed E-state index contributed by atoms with van der Waals surface area (Å²) in [4.78, 5) is 11.3. The fourth-order valence-corrected chi connectivity index (χ4v) is 1.86. The first-order valence-electron chi connectivity index (χ1n) is 4.79. The number of hydrogen-bond acceptors (Lipinski definition) is 2. The third-order valence-corrected chi connectivity index (χ3v) is 2.79. The average molecular weight is 271 g/mol. The molecule has 0 bridgehead atoms. The molecule has 1 unspecified atom stereocenters. The van der Waals surface area contributed by atoms with Crippen LogP contribution in [0.3, 0.4) is 0 Å². The molecule has 82 valence electrons. The summed E-state index contributed by atoms with van der Waals surface area (Å²) in [6.45, 7) is 3.85. The molecule has 15 heavy (non-hydrogen) atoms. The summed E-state index contributed by atoms with van der Waals surface area (Å²) in [5.41, 5.74) is 2.11. The molecule has 0 aliphatic heterocycles. The van der Waals surface area contributed by atoms with E-state index >= 15 is 0 Å². The number of anilines is 1. The van der Waals surface area contributed by atoms with Crippen molar-refractivity contribution in [1.29, 1.82) is 0 Å². The number of halogens is 1. The Morgan fingerprint density at radius 2 is 2.13 bits per heavy atom. The highest BCUT2D eigenvalue weighted by Gasteiger charge is 2.11. The number of hydrogen-bond donors (Lipinski definition) is 2. The van der Waals surface area contributed by atoms with E-state index < -0.39 is 0 Å². The maximum atomic E-state index is 11.3. The minimum absolute atomic E-state index is 0.0255. The fraction of sp³-hybridized carbons (Fsp3) is 0.364. The van der Waals surface area contributed by atoms with Gasteiger partial charge in [0.1, 0.15) is 6.04 Å². The van der Waals surface area contributed by atoms with E-state index in [1.54, 1.807) is 7.05 Å². The molecular weight excluding hydrogens is 256 g/mol. The monoisotopic (exact) mass is 270 g/mol. The van der Waals surface area contributed by atoms with Crippen LogP contribution in [0.2, 0.25) is 0 Å². The van der Waals surface area contributed by atoms with Crippen LogP contribution in [0.4, 0.5) is 5.69 Å². The molecule has 0 aromatic heterocycles. The summed E-state index contributed by atoms with van der Waals surface area (Å²) >= 11 is 3.45. The maximum absolute atomic E-state index is 11.3. The van der Waals surface area contributed by atoms with Gasteiger partial charge in [0, 0.05) is 17.2 Å². The lowest BCUT2D eigenvalue weighted by Crippen LogP contribution is -2.35. The predicted molar refractivity (Wildman–Crippen MR) is 66.0 cm³/mol. The van der Waals surface area contributed by atoms with E-state index in [1.807, 2.05) is 32.0 Å². The Morgan fingerprint density at radius 3 is 2.67 bits per heavy atom. The van der Waals surface area contributed by atoms with E-state index in [0.29, 0.717) is 0 Å². The van der Waals surface area contributed by atoms with Gasteiger partial charge in [0.05, 0.1) is 0 Å². The molecule has 3 nitrogen and oxygen atoms in total. The van der Waals surface area contributed by atoms with Crippen LogP contribution < -0.4 is 10.6 Å². The summed E-state index contributed by atoms with van der Waals surface area (Å²) < 4.78 is 0.971. The van der Waals surface area contributed by atoms with Gasteiger partial charge in [-0.2, -0.15) is 0 Å². The lowest BCUT2D eigenvalue weighted by atomic mass is 10.2. The van der Waals surface area contributed by atoms with Gasteiger partial charge in [0.15, 0.2) is 0 Å². The lowest BCUT2D eigenvalue weighted by molar-refractivity contribution is -0.121. The SMILES string of the molecule is CNC(=O)C(C)Nc1ccc(C)cc1Br. The van der Waals surface area contributed by atoms with Crippen LogP contribution in [0.25, 0.3) is 0 Å². The normalized spacial score (nSPS) is 12.0. The largest absolute Gasteiger partial charge is 0.373 e. The molecule has 0 saturated carbocycles. The second-order valence-corrected chi connectivity index (χ2v) is 4.32. The van der Waals surface area contributed by atoms with E-state index in [4.69, 9.17) is 0 Å². The predicted octanol–water partition coefficient (Wildman–Crippen LogP) is 2.30. The van der Waals surface area contributed by atoms with Crippen molar-refractivity contribution in [3.8, 4) is 0 Å². The molecule has 1 atom stereocenters. The molecule has 0 radical (unpaired) electrons. The third-order valence-electron chi connectivity index (χ3n) is 2.14. The minimum atomic E-state index is -0.242. The fourth-order valence-electron chi connectivity index (χ4n) is 1.25. The summed E-state index contributed by atoms with van der Waals surface area (Å²) in [5.74, 6) is -0.0255. The van der Waals surface area contributed by atoms with E-state index in [0.717, 1.165) is 10.2 Å². The van der Waals surface area contributed by atoms with Gasteiger partial charge >= 0.3 is 0 Å². The van der Waals surface area contributed by atoms with Gasteiger partial charge in [0.25, 0.3) is 0 Å². The number of rotatable bonds is 3. The van der Waals surface area contributed by atoms with Crippen molar-refractivity contribution in [2.75, 3.05) is 12.4 Å². The first kappa shape index (κ1) is 12.0. The Kier molecular flexibility index (Phi) is 4.15. The van der Waals surface area contributed by atoms with Crippen LogP contribution in [0, 0.1) is 6.92 Å². The topological polar surface area (TPSA) is 41.1 Å². The Bertz CT molecular complexity index is 366. The van der Waals surface area contributed by atoms with Crippen LogP contribution in [0.5, 0.6) is 0 Å². The highest BCUT2D eigenvalue weighted by molar-refractivity contribution is 9.10. The van der Waals surface area contributed by atoms with Crippen molar-refractivity contribution >= 4 is 27.5 Å². The number of benzene rings is 1. The number of nitrogens with one attached hydrogen (secondary N) is 2. The van der Waals surface area contributed by atoms with Crippen molar-refractivity contribution in [1.82, 2.24) is 5.32 Å². The Hall–Kier alpha value is -1.03. The summed E-state index contributed by atoms with van der Waals surface area (Å²) in [6, 6.07) is 5.73. The number of aryl methyl sites for hydroxylation is 1. The second kappa shape index (κ2) is 5.16. The van der Waals surface area contributed by atoms with Crippen LogP contribution in [-0.4, -0.2) is 19.0 Å². The quantitative estimate of drug-likeness (QED) is 0.885. The number of amides is 1. The van der Waals surface area contributed by atoms with Crippen molar-refractivity contribution in [2.45, 2.75) is 19.9 Å². The Labute approximate surface area is 98.4 Å². The van der Waals surface area contributed by atoms with E-state index in [1.165, 1.54) is 5.56 Å². The zero-order valence-corrected chi connectivity index (χ0v) is 10.7. The van der Waals surface area contributed by atoms with Gasteiger partial charge in [-0.3, -0.25) is 4.79 Å². The average Bonchev–Trinajstić information content (AvgIpc) is 2.20. The summed E-state index contributed by atoms with van der Waals surface area (Å²) in [5, 5.41) is 5.73. The van der Waals surface area contributed by atoms with Crippen LogP contribution >= 0.6 is 15.9 Å². The van der Waals surface area contributed by atoms with Crippen molar-refractivity contribution in [3.05, 3.63) is 28.2 Å². The maximum Gasteiger partial charge on any atom is 0.241 e. The molecule has 0 spiro atoms. The summed E-state index contributed by atoms with van der Waals surface area (Å²) in [7, 11) is 1.63. The smallest absolute Gasteiger partial charge is 0.241 e. The van der Waals surface area contributed by atoms with Gasteiger partial charge in [-0.15, -0.1) is 0 Å². The molecule has 1 rings (SSSR count). The molecule has 0 fully saturated rings. The van der Waals surface area contributed by atoms with Gasteiger partial charge in [-0.25, -0.2) is 0 Å². The van der Waals surface area contributed by atoms with Crippen molar-refractivity contribution in [3.63, 3.8) is 0 Å². The second-order valence-electron chi connectivity index (χ2n) is 3.46. The van der Waals surface area contributed by atoms with Gasteiger partial charge in [-0.05, 0) is 47.5 Å². The lowest BCUT2D eigenvalue weighted by Gasteiger charge is -2.15. The van der Waals surface area contributed by atoms with Crippen LogP contribution in [0.15, 0.2) is 22.7 Å². The molecule has 0 aliphatic rings. The molecule has 2 N–H and O–H groups in total. The molecule has 4 heteroatoms. The van der Waals surface area contributed by atoms with E-state index in [9.17, 15) is 4.79 Å². The van der Waals surface area contributed by atoms with Crippen molar-refractivity contribution < 1.29 is 4.79 Å². The van der Waals surface area contributed by atoms with Crippen LogP contribution in [-0.2, 0) is 4.79 Å². The molecule has 1 aromatic carbocycles. The number of likely N-dealkylation sites (N-methyl/N-ethyl adjacent to an activating group) is 1. The van der Waals surface area contributed by atoms with E-state index in [-0.39, 0.29) is 11.9 Å². The summed E-state index contributed by atoms with van der Waals surface area (Å²) in [6.07, 6.45) is 0. The molecule has 1 amide bonds. The van der Waals surface area contributed by atoms with E-state index in [2.05, 4.69) is 26.6 Å². The Morgan fingerprint density at radius 1 is 1.47 bits per heavy atom. The first-order chi connectivity index (χ1) is 7.04. The van der Waals surface area contributed by atoms with Crippen LogP contribution in [0.1, 0.15) is 12.5 Å². The zero-order chi connectivity index (χ0) is 11.4. The molecular formula is C11H15BrN2O. The minimum Gasteiger partial charge on any atom is -0.373 e. The highest BCUT2D eigenvalue weighted by atomic mass is 79.9. The highest BCUT2D eigenvalue weighted by Crippen LogP contribution is 2.23. The molecule has 0 heterocycles. The Balaban J connectivity index is 2.76. The molecule has 0 saturated heterocycles. The number of carbonyl (C=O) groups is 1. The van der Waals surface area contributed by atoms with Gasteiger partial charge < -0.3 is 10.6 Å². The molecule has 1 aromatic rings. The standard InChI is InChI=1S/C11H15BrN2O/c1-7-4-5-10(9(12)6-7)14-8(2)11(15)13-3/h4-6,8,14H,1-3H3,(H,13,15). The first-order valence-corrected chi connectivity index (χ1v) is 5.58. The molecule has 0 aliphatic carbocycles. The van der Waals surface area contributed by atoms with Gasteiger partial charge in [-0.1, -0.05) is 6.07 Å². The van der Waals surface area contributed by atoms with Crippen molar-refractivity contribution in [2.24, 2.45) is 0 Å². The zero-order valence-electron chi connectivity index (χ0n) is 9.10. The third kappa shape index (κ3) is 3.23.